The number of benzene rings is 1. The molecule has 0 aliphatic rings. The Morgan fingerprint density at radius 1 is 1.27 bits per heavy atom. The quantitative estimate of drug-likeness (QED) is 0.623. The second-order valence-corrected chi connectivity index (χ2v) is 3.69. The van der Waals surface area contributed by atoms with Gasteiger partial charge in [-0.3, -0.25) is 0 Å². The Hall–Kier alpha value is -1.06. The summed E-state index contributed by atoms with van der Waals surface area (Å²) < 4.78 is 0. The van der Waals surface area contributed by atoms with E-state index in [0.29, 0.717) is 5.75 Å². The SMILES string of the molecule is CNCCCN[C@H](C)c1ccccc1O. The lowest BCUT2D eigenvalue weighted by Gasteiger charge is -2.15. The molecule has 0 amide bonds. The van der Waals surface area contributed by atoms with Gasteiger partial charge in [-0.2, -0.15) is 0 Å². The predicted molar refractivity (Wildman–Crippen MR) is 63.1 cm³/mol. The number of phenolic OH excluding ortho intramolecular Hbond substituents is 1. The third kappa shape index (κ3) is 3.90. The Morgan fingerprint density at radius 3 is 2.67 bits per heavy atom. The van der Waals surface area contributed by atoms with E-state index in [2.05, 4.69) is 17.6 Å². The third-order valence-electron chi connectivity index (χ3n) is 2.46. The standard InChI is InChI=1S/C12H20N2O/c1-10(14-9-5-8-13-2)11-6-3-4-7-12(11)15/h3-4,6-7,10,13-15H,5,8-9H2,1-2H3/t10-/m1/s1. The maximum Gasteiger partial charge on any atom is 0.120 e. The Morgan fingerprint density at radius 2 is 2.00 bits per heavy atom. The fourth-order valence-electron chi connectivity index (χ4n) is 1.55. The fourth-order valence-corrected chi connectivity index (χ4v) is 1.55. The fraction of sp³-hybridized carbons (Fsp3) is 0.500. The summed E-state index contributed by atoms with van der Waals surface area (Å²) in [6, 6.07) is 7.66. The van der Waals surface area contributed by atoms with Crippen LogP contribution in [0.4, 0.5) is 0 Å². The van der Waals surface area contributed by atoms with Gasteiger partial charge in [0.2, 0.25) is 0 Å². The van der Waals surface area contributed by atoms with Crippen molar-refractivity contribution in [2.45, 2.75) is 19.4 Å². The van der Waals surface area contributed by atoms with Crippen molar-refractivity contribution in [3.8, 4) is 5.75 Å². The van der Waals surface area contributed by atoms with Crippen LogP contribution in [0.15, 0.2) is 24.3 Å². The van der Waals surface area contributed by atoms with Crippen LogP contribution in [0.2, 0.25) is 0 Å². The summed E-state index contributed by atoms with van der Waals surface area (Å²) in [6.07, 6.45) is 1.09. The van der Waals surface area contributed by atoms with Crippen LogP contribution in [0.3, 0.4) is 0 Å². The predicted octanol–water partition coefficient (Wildman–Crippen LogP) is 1.65. The molecule has 1 aromatic carbocycles. The lowest BCUT2D eigenvalue weighted by molar-refractivity contribution is 0.451. The zero-order valence-electron chi connectivity index (χ0n) is 9.46. The summed E-state index contributed by atoms with van der Waals surface area (Å²) in [5, 5.41) is 16.1. The van der Waals surface area contributed by atoms with Crippen molar-refractivity contribution in [2.24, 2.45) is 0 Å². The number of phenols is 1. The van der Waals surface area contributed by atoms with E-state index in [1.807, 2.05) is 25.2 Å². The van der Waals surface area contributed by atoms with Crippen molar-refractivity contribution in [1.29, 1.82) is 0 Å². The molecule has 3 heteroatoms. The zero-order valence-corrected chi connectivity index (χ0v) is 9.46. The van der Waals surface area contributed by atoms with E-state index < -0.39 is 0 Å². The van der Waals surface area contributed by atoms with Gasteiger partial charge < -0.3 is 15.7 Å². The number of para-hydroxylation sites is 1. The van der Waals surface area contributed by atoms with E-state index in [0.717, 1.165) is 25.1 Å². The Labute approximate surface area is 91.5 Å². The van der Waals surface area contributed by atoms with Crippen molar-refractivity contribution in [2.75, 3.05) is 20.1 Å². The molecule has 1 rings (SSSR count). The largest absolute Gasteiger partial charge is 0.508 e. The maximum absolute atomic E-state index is 9.63. The van der Waals surface area contributed by atoms with Gasteiger partial charge in [-0.1, -0.05) is 18.2 Å². The van der Waals surface area contributed by atoms with Gasteiger partial charge in [-0.25, -0.2) is 0 Å². The molecule has 0 spiro atoms. The molecule has 0 aromatic heterocycles. The van der Waals surface area contributed by atoms with Crippen LogP contribution >= 0.6 is 0 Å². The summed E-state index contributed by atoms with van der Waals surface area (Å²) in [5.41, 5.74) is 0.960. The molecule has 0 aliphatic carbocycles. The molecule has 1 aromatic rings. The van der Waals surface area contributed by atoms with Crippen LogP contribution < -0.4 is 10.6 Å². The van der Waals surface area contributed by atoms with Gasteiger partial charge in [0.15, 0.2) is 0 Å². The summed E-state index contributed by atoms with van der Waals surface area (Å²) in [7, 11) is 1.95. The van der Waals surface area contributed by atoms with Crippen molar-refractivity contribution in [1.82, 2.24) is 10.6 Å². The normalized spacial score (nSPS) is 12.7. The smallest absolute Gasteiger partial charge is 0.120 e. The van der Waals surface area contributed by atoms with Gasteiger partial charge in [0.25, 0.3) is 0 Å². The molecule has 0 heterocycles. The van der Waals surface area contributed by atoms with Gasteiger partial charge in [-0.15, -0.1) is 0 Å². The van der Waals surface area contributed by atoms with Crippen molar-refractivity contribution in [3.63, 3.8) is 0 Å². The van der Waals surface area contributed by atoms with Gasteiger partial charge >= 0.3 is 0 Å². The van der Waals surface area contributed by atoms with Crippen LogP contribution in [-0.4, -0.2) is 25.2 Å². The highest BCUT2D eigenvalue weighted by molar-refractivity contribution is 5.33. The van der Waals surface area contributed by atoms with E-state index in [9.17, 15) is 5.11 Å². The minimum atomic E-state index is 0.197. The first-order valence-corrected chi connectivity index (χ1v) is 5.41. The topological polar surface area (TPSA) is 44.3 Å². The molecular formula is C12H20N2O. The summed E-state index contributed by atoms with van der Waals surface area (Å²) >= 11 is 0. The van der Waals surface area contributed by atoms with E-state index >= 15 is 0 Å². The first-order valence-electron chi connectivity index (χ1n) is 5.41. The Kier molecular flexibility index (Phi) is 5.15. The number of nitrogens with one attached hydrogen (secondary N) is 2. The summed E-state index contributed by atoms with van der Waals surface area (Å²) in [4.78, 5) is 0. The molecule has 1 atom stereocenters. The minimum Gasteiger partial charge on any atom is -0.508 e. The first kappa shape index (κ1) is 12.0. The molecule has 0 fully saturated rings. The van der Waals surface area contributed by atoms with Gasteiger partial charge in [0.1, 0.15) is 5.75 Å². The molecule has 0 unspecified atom stereocenters. The summed E-state index contributed by atoms with van der Waals surface area (Å²) in [6.45, 7) is 4.03. The van der Waals surface area contributed by atoms with Gasteiger partial charge in [0, 0.05) is 11.6 Å². The average Bonchev–Trinajstić information content (AvgIpc) is 2.25. The van der Waals surface area contributed by atoms with Gasteiger partial charge in [0.05, 0.1) is 0 Å². The number of hydrogen-bond acceptors (Lipinski definition) is 3. The highest BCUT2D eigenvalue weighted by Gasteiger charge is 2.07. The minimum absolute atomic E-state index is 0.197. The highest BCUT2D eigenvalue weighted by atomic mass is 16.3. The number of aromatic hydroxyl groups is 1. The zero-order chi connectivity index (χ0) is 11.1. The maximum atomic E-state index is 9.63. The lowest BCUT2D eigenvalue weighted by Crippen LogP contribution is -2.22. The van der Waals surface area contributed by atoms with Crippen molar-refractivity contribution < 1.29 is 5.11 Å². The molecule has 0 saturated heterocycles. The number of rotatable bonds is 6. The third-order valence-corrected chi connectivity index (χ3v) is 2.46. The first-order chi connectivity index (χ1) is 7.25. The second kappa shape index (κ2) is 6.43. The molecule has 84 valence electrons. The Bertz CT molecular complexity index is 289. The van der Waals surface area contributed by atoms with Crippen molar-refractivity contribution >= 4 is 0 Å². The van der Waals surface area contributed by atoms with Crippen LogP contribution in [0.5, 0.6) is 5.75 Å². The number of hydrogen-bond donors (Lipinski definition) is 3. The molecule has 0 aliphatic heterocycles. The molecule has 3 nitrogen and oxygen atoms in total. The van der Waals surface area contributed by atoms with E-state index in [-0.39, 0.29) is 6.04 Å². The molecule has 0 bridgehead atoms. The molecule has 3 N–H and O–H groups in total. The lowest BCUT2D eigenvalue weighted by atomic mass is 10.1. The molecule has 0 saturated carbocycles. The van der Waals surface area contributed by atoms with E-state index in [1.165, 1.54) is 0 Å². The Balaban J connectivity index is 2.40. The van der Waals surface area contributed by atoms with Crippen LogP contribution in [0.1, 0.15) is 24.9 Å². The van der Waals surface area contributed by atoms with Crippen LogP contribution in [0, 0.1) is 0 Å². The van der Waals surface area contributed by atoms with Crippen molar-refractivity contribution in [3.05, 3.63) is 29.8 Å². The average molecular weight is 208 g/mol. The molecular weight excluding hydrogens is 188 g/mol. The van der Waals surface area contributed by atoms with E-state index in [4.69, 9.17) is 0 Å². The second-order valence-electron chi connectivity index (χ2n) is 3.69. The molecule has 0 radical (unpaired) electrons. The van der Waals surface area contributed by atoms with Crippen LogP contribution in [-0.2, 0) is 0 Å². The van der Waals surface area contributed by atoms with Gasteiger partial charge in [-0.05, 0) is 39.5 Å². The van der Waals surface area contributed by atoms with E-state index in [1.54, 1.807) is 6.07 Å². The summed E-state index contributed by atoms with van der Waals surface area (Å²) in [5.74, 6) is 0.367. The monoisotopic (exact) mass is 208 g/mol. The highest BCUT2D eigenvalue weighted by Crippen LogP contribution is 2.22. The van der Waals surface area contributed by atoms with Crippen LogP contribution in [0.25, 0.3) is 0 Å². The molecule has 15 heavy (non-hydrogen) atoms.